The molecule has 6 heteroatoms. The molecule has 3 nitrogen and oxygen atoms in total. The Morgan fingerprint density at radius 1 is 1.22 bits per heavy atom. The number of hydrogen-bond acceptors (Lipinski definition) is 5. The molecular weight excluding hydrogens is 342 g/mol. The van der Waals surface area contributed by atoms with Crippen molar-refractivity contribution in [2.75, 3.05) is 0 Å². The average Bonchev–Trinajstić information content (AvgIpc) is 2.94. The van der Waals surface area contributed by atoms with E-state index < -0.39 is 0 Å². The number of hydrogen-bond donors (Lipinski definition) is 0. The molecule has 23 heavy (non-hydrogen) atoms. The van der Waals surface area contributed by atoms with Crippen molar-refractivity contribution in [2.45, 2.75) is 17.0 Å². The second kappa shape index (κ2) is 7.09. The molecule has 0 unspecified atom stereocenters. The molecule has 0 atom stereocenters. The Hall–Kier alpha value is -1.94. The van der Waals surface area contributed by atoms with Gasteiger partial charge in [-0.2, -0.15) is 5.26 Å². The van der Waals surface area contributed by atoms with Crippen LogP contribution >= 0.6 is 35.3 Å². The van der Waals surface area contributed by atoms with Crippen LogP contribution in [0.15, 0.2) is 52.9 Å². The summed E-state index contributed by atoms with van der Waals surface area (Å²) < 4.78 is 3.45. The Morgan fingerprint density at radius 2 is 1.96 bits per heavy atom. The molecular formula is C17H13N3S3. The SMILES string of the molecule is Cc1ccccc1-n1nc(SCc2ccccc2C#N)sc1=S. The minimum absolute atomic E-state index is 0.708. The van der Waals surface area contributed by atoms with Crippen molar-refractivity contribution in [3.05, 3.63) is 69.2 Å². The first kappa shape index (κ1) is 15.9. The van der Waals surface area contributed by atoms with Crippen LogP contribution in [0.1, 0.15) is 16.7 Å². The number of rotatable bonds is 4. The van der Waals surface area contributed by atoms with Gasteiger partial charge in [0.2, 0.25) is 0 Å². The molecule has 0 amide bonds. The maximum Gasteiger partial charge on any atom is 0.184 e. The summed E-state index contributed by atoms with van der Waals surface area (Å²) in [5.74, 6) is 0.708. The van der Waals surface area contributed by atoms with E-state index in [0.29, 0.717) is 11.3 Å². The standard InChI is InChI=1S/C17H13N3S3/c1-12-6-2-5-9-15(12)20-17(21)23-16(19-20)22-11-14-8-4-3-7-13(14)10-18/h2-9H,11H2,1H3. The Bertz CT molecular complexity index is 934. The van der Waals surface area contributed by atoms with Crippen molar-refractivity contribution >= 4 is 35.3 Å². The topological polar surface area (TPSA) is 41.6 Å². The second-order valence-electron chi connectivity index (χ2n) is 4.89. The van der Waals surface area contributed by atoms with Crippen LogP contribution in [0.5, 0.6) is 0 Å². The largest absolute Gasteiger partial charge is 0.211 e. The van der Waals surface area contributed by atoms with Gasteiger partial charge in [-0.15, -0.1) is 5.10 Å². The third-order valence-electron chi connectivity index (χ3n) is 3.36. The Labute approximate surface area is 148 Å². The molecule has 0 aliphatic heterocycles. The number of aryl methyl sites for hydroxylation is 1. The summed E-state index contributed by atoms with van der Waals surface area (Å²) in [7, 11) is 0. The predicted octanol–water partition coefficient (Wildman–Crippen LogP) is 5.14. The van der Waals surface area contributed by atoms with E-state index in [1.165, 1.54) is 11.3 Å². The van der Waals surface area contributed by atoms with Gasteiger partial charge in [-0.3, -0.25) is 0 Å². The molecule has 0 aliphatic rings. The van der Waals surface area contributed by atoms with Crippen molar-refractivity contribution in [1.29, 1.82) is 5.26 Å². The number of para-hydroxylation sites is 1. The Morgan fingerprint density at radius 3 is 2.74 bits per heavy atom. The summed E-state index contributed by atoms with van der Waals surface area (Å²) in [4.78, 5) is 0. The number of thioether (sulfide) groups is 1. The molecule has 0 N–H and O–H groups in total. The van der Waals surface area contributed by atoms with Crippen molar-refractivity contribution in [3.8, 4) is 11.8 Å². The summed E-state index contributed by atoms with van der Waals surface area (Å²) >= 11 is 8.55. The van der Waals surface area contributed by atoms with Crippen LogP contribution in [0, 0.1) is 22.2 Å². The normalized spacial score (nSPS) is 10.4. The highest BCUT2D eigenvalue weighted by molar-refractivity contribution is 8.00. The summed E-state index contributed by atoms with van der Waals surface area (Å²) in [6.07, 6.45) is 0. The fourth-order valence-corrected chi connectivity index (χ4v) is 4.52. The van der Waals surface area contributed by atoms with Crippen LogP contribution in [0.2, 0.25) is 0 Å². The minimum Gasteiger partial charge on any atom is -0.211 e. The molecule has 3 aromatic rings. The van der Waals surface area contributed by atoms with Crippen LogP contribution in [-0.2, 0) is 5.75 Å². The van der Waals surface area contributed by atoms with E-state index in [1.807, 2.05) is 60.1 Å². The quantitative estimate of drug-likeness (QED) is 0.480. The maximum absolute atomic E-state index is 9.15. The first-order valence-electron chi connectivity index (χ1n) is 6.96. The van der Waals surface area contributed by atoms with Crippen molar-refractivity contribution in [1.82, 2.24) is 9.78 Å². The molecule has 0 saturated heterocycles. The second-order valence-corrected chi connectivity index (χ2v) is 7.73. The van der Waals surface area contributed by atoms with Gasteiger partial charge < -0.3 is 0 Å². The number of nitriles is 1. The highest BCUT2D eigenvalue weighted by Crippen LogP contribution is 2.28. The van der Waals surface area contributed by atoms with Crippen LogP contribution in [0.3, 0.4) is 0 Å². The van der Waals surface area contributed by atoms with Crippen LogP contribution < -0.4 is 0 Å². The first-order chi connectivity index (χ1) is 11.2. The molecule has 1 aromatic heterocycles. The lowest BCUT2D eigenvalue weighted by molar-refractivity contribution is 0.823. The van der Waals surface area contributed by atoms with E-state index in [-0.39, 0.29) is 0 Å². The zero-order valence-corrected chi connectivity index (χ0v) is 14.8. The maximum atomic E-state index is 9.15. The molecule has 0 aliphatic carbocycles. The summed E-state index contributed by atoms with van der Waals surface area (Å²) in [5.41, 5.74) is 3.88. The summed E-state index contributed by atoms with van der Waals surface area (Å²) in [6, 6.07) is 17.9. The fourth-order valence-electron chi connectivity index (χ4n) is 2.17. The molecule has 1 heterocycles. The van der Waals surface area contributed by atoms with E-state index in [0.717, 1.165) is 25.1 Å². The molecule has 2 aromatic carbocycles. The highest BCUT2D eigenvalue weighted by Gasteiger charge is 2.09. The van der Waals surface area contributed by atoms with E-state index in [4.69, 9.17) is 17.5 Å². The highest BCUT2D eigenvalue weighted by atomic mass is 32.2. The zero-order valence-electron chi connectivity index (χ0n) is 12.4. The van der Waals surface area contributed by atoms with Gasteiger partial charge in [0.25, 0.3) is 0 Å². The van der Waals surface area contributed by atoms with E-state index in [9.17, 15) is 0 Å². The monoisotopic (exact) mass is 355 g/mol. The van der Waals surface area contributed by atoms with Gasteiger partial charge in [-0.25, -0.2) is 4.68 Å². The summed E-state index contributed by atoms with van der Waals surface area (Å²) in [6.45, 7) is 2.05. The molecule has 0 radical (unpaired) electrons. The van der Waals surface area contributed by atoms with Crippen LogP contribution in [-0.4, -0.2) is 9.78 Å². The van der Waals surface area contributed by atoms with Gasteiger partial charge >= 0.3 is 0 Å². The molecule has 114 valence electrons. The molecule has 0 bridgehead atoms. The van der Waals surface area contributed by atoms with Gasteiger partial charge in [0.1, 0.15) is 0 Å². The first-order valence-corrected chi connectivity index (χ1v) is 9.17. The van der Waals surface area contributed by atoms with Gasteiger partial charge in [0.05, 0.1) is 17.3 Å². The molecule has 0 saturated carbocycles. The van der Waals surface area contributed by atoms with E-state index >= 15 is 0 Å². The lowest BCUT2D eigenvalue weighted by Crippen LogP contribution is -1.98. The van der Waals surface area contributed by atoms with Crippen LogP contribution in [0.4, 0.5) is 0 Å². The third kappa shape index (κ3) is 3.53. The van der Waals surface area contributed by atoms with Crippen LogP contribution in [0.25, 0.3) is 5.69 Å². The lowest BCUT2D eigenvalue weighted by Gasteiger charge is -2.04. The minimum atomic E-state index is 0.708. The zero-order chi connectivity index (χ0) is 16.2. The van der Waals surface area contributed by atoms with E-state index in [1.54, 1.807) is 11.8 Å². The fraction of sp³-hybridized carbons (Fsp3) is 0.118. The Kier molecular flexibility index (Phi) is 4.91. The third-order valence-corrected chi connectivity index (χ3v) is 5.78. The lowest BCUT2D eigenvalue weighted by atomic mass is 10.1. The molecule has 0 spiro atoms. The van der Waals surface area contributed by atoms with Crippen molar-refractivity contribution in [3.63, 3.8) is 0 Å². The number of nitrogens with zero attached hydrogens (tertiary/aromatic N) is 3. The molecule has 0 fully saturated rings. The van der Waals surface area contributed by atoms with Crippen molar-refractivity contribution < 1.29 is 0 Å². The van der Waals surface area contributed by atoms with Gasteiger partial charge in [0, 0.05) is 5.75 Å². The van der Waals surface area contributed by atoms with E-state index in [2.05, 4.69) is 11.2 Å². The van der Waals surface area contributed by atoms with Crippen molar-refractivity contribution in [2.24, 2.45) is 0 Å². The number of aromatic nitrogens is 2. The molecule has 3 rings (SSSR count). The summed E-state index contributed by atoms with van der Waals surface area (Å²) in [5, 5.41) is 13.8. The van der Waals surface area contributed by atoms with Gasteiger partial charge in [-0.05, 0) is 42.4 Å². The average molecular weight is 356 g/mol. The Balaban J connectivity index is 1.84. The predicted molar refractivity (Wildman–Crippen MR) is 97.7 cm³/mol. The van der Waals surface area contributed by atoms with Gasteiger partial charge in [0.15, 0.2) is 8.29 Å². The number of benzene rings is 2. The van der Waals surface area contributed by atoms with Gasteiger partial charge in [-0.1, -0.05) is 59.5 Å². The smallest absolute Gasteiger partial charge is 0.184 e.